The van der Waals surface area contributed by atoms with Gasteiger partial charge in [-0.2, -0.15) is 0 Å². The van der Waals surface area contributed by atoms with E-state index in [1.54, 1.807) is 0 Å². The van der Waals surface area contributed by atoms with E-state index in [4.69, 9.17) is 14.2 Å². The maximum Gasteiger partial charge on any atom is 0.306 e. The lowest BCUT2D eigenvalue weighted by molar-refractivity contribution is -0.167. The van der Waals surface area contributed by atoms with E-state index in [1.807, 2.05) is 0 Å². The highest BCUT2D eigenvalue weighted by Crippen LogP contribution is 2.19. The molecule has 83 heavy (non-hydrogen) atoms. The molecule has 0 saturated heterocycles. The normalized spacial score (nSPS) is 12.3. The van der Waals surface area contributed by atoms with Crippen LogP contribution in [0.25, 0.3) is 0 Å². The molecule has 0 aromatic heterocycles. The zero-order valence-corrected chi connectivity index (χ0v) is 56.0. The lowest BCUT2D eigenvalue weighted by atomic mass is 10.0. The lowest BCUT2D eigenvalue weighted by Crippen LogP contribution is -2.30. The maximum atomic E-state index is 12.9. The van der Waals surface area contributed by atoms with Crippen molar-refractivity contribution in [1.29, 1.82) is 0 Å². The van der Waals surface area contributed by atoms with Crippen LogP contribution in [-0.4, -0.2) is 37.2 Å². The summed E-state index contributed by atoms with van der Waals surface area (Å²) < 4.78 is 17.0. The van der Waals surface area contributed by atoms with E-state index in [9.17, 15) is 14.4 Å². The molecule has 1 unspecified atom stereocenters. The number of unbranched alkanes of at least 4 members (excludes halogenated alkanes) is 50. The molecular weight excluding hydrogens is 1020 g/mol. The second-order valence-electron chi connectivity index (χ2n) is 25.2. The van der Waals surface area contributed by atoms with Crippen LogP contribution in [0.3, 0.4) is 0 Å². The van der Waals surface area contributed by atoms with Crippen LogP contribution in [-0.2, 0) is 28.6 Å². The minimum atomic E-state index is -0.788. The summed E-state index contributed by atoms with van der Waals surface area (Å²) in [5.74, 6) is -0.896. The van der Waals surface area contributed by atoms with Crippen molar-refractivity contribution < 1.29 is 28.6 Å². The van der Waals surface area contributed by atoms with Gasteiger partial charge in [-0.15, -0.1) is 0 Å². The number of hydrogen-bond acceptors (Lipinski definition) is 6. The van der Waals surface area contributed by atoms with Crippen LogP contribution in [0.4, 0.5) is 0 Å². The second kappa shape index (κ2) is 71.8. The van der Waals surface area contributed by atoms with Crippen molar-refractivity contribution in [2.45, 2.75) is 412 Å². The Labute approximate surface area is 518 Å². The number of esters is 3. The van der Waals surface area contributed by atoms with Crippen LogP contribution in [0.2, 0.25) is 0 Å². The smallest absolute Gasteiger partial charge is 0.306 e. The highest BCUT2D eigenvalue weighted by Gasteiger charge is 2.19. The summed E-state index contributed by atoms with van der Waals surface area (Å²) in [4.78, 5) is 38.4. The Hall–Kier alpha value is -2.63. The number of allylic oxidation sites excluding steroid dienone is 8. The van der Waals surface area contributed by atoms with Gasteiger partial charge in [0.05, 0.1) is 0 Å². The molecule has 0 aliphatic heterocycles. The van der Waals surface area contributed by atoms with E-state index >= 15 is 0 Å². The van der Waals surface area contributed by atoms with E-state index in [0.29, 0.717) is 19.3 Å². The Morgan fingerprint density at radius 2 is 0.470 bits per heavy atom. The molecule has 0 amide bonds. The second-order valence-corrected chi connectivity index (χ2v) is 25.2. The zero-order valence-electron chi connectivity index (χ0n) is 56.0. The molecule has 0 aromatic carbocycles. The summed E-state index contributed by atoms with van der Waals surface area (Å²) >= 11 is 0. The Morgan fingerprint density at radius 1 is 0.253 bits per heavy atom. The maximum absolute atomic E-state index is 12.9. The average molecular weight is 1160 g/mol. The van der Waals surface area contributed by atoms with Crippen molar-refractivity contribution in [1.82, 2.24) is 0 Å². The Balaban J connectivity index is 4.14. The molecule has 0 rings (SSSR count). The van der Waals surface area contributed by atoms with Gasteiger partial charge >= 0.3 is 17.9 Å². The molecule has 0 bridgehead atoms. The van der Waals surface area contributed by atoms with Crippen LogP contribution < -0.4 is 0 Å². The van der Waals surface area contributed by atoms with Crippen molar-refractivity contribution >= 4 is 17.9 Å². The van der Waals surface area contributed by atoms with Gasteiger partial charge in [0.15, 0.2) is 6.10 Å². The van der Waals surface area contributed by atoms with Gasteiger partial charge in [-0.25, -0.2) is 0 Å². The van der Waals surface area contributed by atoms with Crippen LogP contribution in [0.15, 0.2) is 48.6 Å². The number of rotatable bonds is 69. The number of hydrogen-bond donors (Lipinski definition) is 0. The first-order chi connectivity index (χ1) is 41.0. The fourth-order valence-electron chi connectivity index (χ4n) is 11.3. The van der Waals surface area contributed by atoms with Gasteiger partial charge in [-0.05, 0) is 57.8 Å². The minimum Gasteiger partial charge on any atom is -0.462 e. The van der Waals surface area contributed by atoms with Crippen molar-refractivity contribution in [3.8, 4) is 0 Å². The first-order valence-electron chi connectivity index (χ1n) is 37.1. The molecule has 0 heterocycles. The number of carbonyl (C=O) groups is 3. The van der Waals surface area contributed by atoms with Crippen LogP contribution in [0, 0.1) is 0 Å². The van der Waals surface area contributed by atoms with Crippen LogP contribution in [0.1, 0.15) is 406 Å². The molecule has 6 heteroatoms. The van der Waals surface area contributed by atoms with Crippen molar-refractivity contribution in [3.05, 3.63) is 48.6 Å². The summed E-state index contributed by atoms with van der Waals surface area (Å²) in [6.07, 6.45) is 91.8. The Bertz CT molecular complexity index is 1430. The van der Waals surface area contributed by atoms with E-state index < -0.39 is 6.10 Å². The zero-order chi connectivity index (χ0) is 59.9. The molecule has 1 atom stereocenters. The predicted molar refractivity (Wildman–Crippen MR) is 362 cm³/mol. The highest BCUT2D eigenvalue weighted by molar-refractivity contribution is 5.71. The Kier molecular flexibility index (Phi) is 69.6. The molecule has 0 fully saturated rings. The first-order valence-corrected chi connectivity index (χ1v) is 37.1. The predicted octanol–water partition coefficient (Wildman–Crippen LogP) is 25.7. The third kappa shape index (κ3) is 70.0. The molecule has 0 aliphatic rings. The molecule has 6 nitrogen and oxygen atoms in total. The molecule has 0 aromatic rings. The quantitative estimate of drug-likeness (QED) is 0.0261. The van der Waals surface area contributed by atoms with Gasteiger partial charge in [0, 0.05) is 19.3 Å². The fraction of sp³-hybridized carbons (Fsp3) is 0.857. The third-order valence-electron chi connectivity index (χ3n) is 16.8. The molecule has 486 valence electrons. The summed E-state index contributed by atoms with van der Waals surface area (Å²) in [7, 11) is 0. The lowest BCUT2D eigenvalue weighted by Gasteiger charge is -2.18. The molecule has 0 N–H and O–H groups in total. The number of carbonyl (C=O) groups excluding carboxylic acids is 3. The third-order valence-corrected chi connectivity index (χ3v) is 16.8. The van der Waals surface area contributed by atoms with E-state index in [0.717, 1.165) is 83.5 Å². The minimum absolute atomic E-state index is 0.0810. The van der Waals surface area contributed by atoms with E-state index in [1.165, 1.54) is 283 Å². The van der Waals surface area contributed by atoms with E-state index in [2.05, 4.69) is 69.4 Å². The van der Waals surface area contributed by atoms with Gasteiger partial charge in [-0.1, -0.05) is 378 Å². The van der Waals surface area contributed by atoms with Crippen molar-refractivity contribution in [2.24, 2.45) is 0 Å². The van der Waals surface area contributed by atoms with Gasteiger partial charge < -0.3 is 14.2 Å². The summed E-state index contributed by atoms with van der Waals surface area (Å²) in [5, 5.41) is 0. The standard InChI is InChI=1S/C77H142O6/c1-4-7-10-13-16-19-22-25-28-30-31-32-33-34-35-36-37-38-39-40-41-42-43-44-45-47-49-52-55-58-61-64-67-70-76(79)82-73-74(72-81-75(78)69-66-63-60-57-54-51-48-27-24-21-18-15-12-9-6-3)83-77(80)71-68-65-62-59-56-53-50-46-29-26-23-20-17-14-11-8-5-2/h9,12,18,21,27,48,54,57,74H,4-8,10-11,13-17,19-20,22-26,28-47,49-53,55-56,58-73H2,1-3H3/b12-9-,21-18-,48-27-,57-54-. The average Bonchev–Trinajstić information content (AvgIpc) is 3.49. The van der Waals surface area contributed by atoms with E-state index in [-0.39, 0.29) is 31.1 Å². The van der Waals surface area contributed by atoms with Gasteiger partial charge in [0.25, 0.3) is 0 Å². The fourth-order valence-corrected chi connectivity index (χ4v) is 11.3. The van der Waals surface area contributed by atoms with Crippen LogP contribution >= 0.6 is 0 Å². The SMILES string of the molecule is CC/C=C\C/C=C\C/C=C\C/C=C\CCCCC(=O)OCC(COC(=O)CCCCCCCCCCCCCCCCCCCCCCCCCCCCCCCCCCC)OC(=O)CCCCCCCCCCCCCCCCCCC. The van der Waals surface area contributed by atoms with Crippen LogP contribution in [0.5, 0.6) is 0 Å². The van der Waals surface area contributed by atoms with Gasteiger partial charge in [-0.3, -0.25) is 14.4 Å². The molecule has 0 spiro atoms. The number of ether oxygens (including phenoxy) is 3. The first kappa shape index (κ1) is 80.4. The summed E-state index contributed by atoms with van der Waals surface area (Å²) in [5.41, 5.74) is 0. The topological polar surface area (TPSA) is 78.9 Å². The summed E-state index contributed by atoms with van der Waals surface area (Å²) in [6, 6.07) is 0. The molecular formula is C77H142O6. The molecule has 0 aliphatic carbocycles. The van der Waals surface area contributed by atoms with Gasteiger partial charge in [0.2, 0.25) is 0 Å². The van der Waals surface area contributed by atoms with Crippen molar-refractivity contribution in [3.63, 3.8) is 0 Å². The Morgan fingerprint density at radius 3 is 0.735 bits per heavy atom. The largest absolute Gasteiger partial charge is 0.462 e. The molecule has 0 saturated carbocycles. The van der Waals surface area contributed by atoms with Crippen molar-refractivity contribution in [2.75, 3.05) is 13.2 Å². The monoisotopic (exact) mass is 1160 g/mol. The summed E-state index contributed by atoms with van der Waals surface area (Å²) in [6.45, 7) is 6.57. The highest BCUT2D eigenvalue weighted by atomic mass is 16.6. The molecule has 0 radical (unpaired) electrons. The van der Waals surface area contributed by atoms with Gasteiger partial charge in [0.1, 0.15) is 13.2 Å².